The van der Waals surface area contributed by atoms with Crippen LogP contribution in [0.3, 0.4) is 0 Å². The number of hydrogen-bond donors (Lipinski definition) is 1. The lowest BCUT2D eigenvalue weighted by Gasteiger charge is -2.43. The molecular weight excluding hydrogens is 240 g/mol. The van der Waals surface area contributed by atoms with Crippen molar-refractivity contribution >= 4 is 17.3 Å². The lowest BCUT2D eigenvalue weighted by Crippen LogP contribution is -2.52. The van der Waals surface area contributed by atoms with E-state index in [4.69, 9.17) is 12.2 Å². The Hall–Kier alpha value is -0.310. The molecule has 0 bridgehead atoms. The first-order chi connectivity index (χ1) is 8.83. The lowest BCUT2D eigenvalue weighted by atomic mass is 9.89. The van der Waals surface area contributed by atoms with Crippen LogP contribution in [-0.4, -0.2) is 28.6 Å². The quantitative estimate of drug-likeness (QED) is 0.783. The van der Waals surface area contributed by atoms with Gasteiger partial charge in [0.25, 0.3) is 0 Å². The smallest absolute Gasteiger partial charge is 0.169 e. The zero-order valence-corrected chi connectivity index (χ0v) is 12.6. The highest BCUT2D eigenvalue weighted by atomic mass is 32.1. The largest absolute Gasteiger partial charge is 0.363 e. The summed E-state index contributed by atoms with van der Waals surface area (Å²) in [4.78, 5) is 2.59. The second kappa shape index (κ2) is 7.32. The summed E-state index contributed by atoms with van der Waals surface area (Å²) in [7, 11) is 0. The van der Waals surface area contributed by atoms with E-state index in [-0.39, 0.29) is 0 Å². The molecule has 2 rings (SSSR count). The van der Waals surface area contributed by atoms with Crippen LogP contribution in [0.4, 0.5) is 0 Å². The Morgan fingerprint density at radius 3 is 1.78 bits per heavy atom. The highest BCUT2D eigenvalue weighted by Gasteiger charge is 2.30. The van der Waals surface area contributed by atoms with Gasteiger partial charge in [-0.25, -0.2) is 0 Å². The maximum Gasteiger partial charge on any atom is 0.169 e. The molecule has 2 aliphatic rings. The molecule has 0 heterocycles. The topological polar surface area (TPSA) is 15.3 Å². The van der Waals surface area contributed by atoms with Gasteiger partial charge in [0.05, 0.1) is 0 Å². The summed E-state index contributed by atoms with van der Waals surface area (Å²) in [5, 5.41) is 4.42. The zero-order valence-electron chi connectivity index (χ0n) is 11.8. The molecule has 0 radical (unpaired) electrons. The number of rotatable bonds is 3. The van der Waals surface area contributed by atoms with Crippen molar-refractivity contribution in [1.82, 2.24) is 10.2 Å². The third-order valence-electron chi connectivity index (χ3n) is 4.50. The van der Waals surface area contributed by atoms with Crippen molar-refractivity contribution in [3.63, 3.8) is 0 Å². The second-order valence-corrected chi connectivity index (χ2v) is 6.21. The predicted octanol–water partition coefficient (Wildman–Crippen LogP) is 3.85. The van der Waals surface area contributed by atoms with Crippen molar-refractivity contribution < 1.29 is 0 Å². The number of hydrogen-bond acceptors (Lipinski definition) is 1. The van der Waals surface area contributed by atoms with Crippen LogP contribution in [0.1, 0.15) is 71.1 Å². The molecule has 3 heteroatoms. The minimum Gasteiger partial charge on any atom is -0.363 e. The molecule has 0 atom stereocenters. The molecule has 0 aromatic carbocycles. The Labute approximate surface area is 118 Å². The standard InChI is InChI=1S/C15H28N2S/c1-2-16-15(18)17(13-9-5-3-6-10-13)14-11-7-4-8-12-14/h13-14H,2-12H2,1H3,(H,16,18). The van der Waals surface area contributed by atoms with E-state index in [0.29, 0.717) is 12.1 Å². The molecule has 104 valence electrons. The molecule has 0 amide bonds. The molecule has 0 aliphatic heterocycles. The Morgan fingerprint density at radius 1 is 0.944 bits per heavy atom. The fourth-order valence-electron chi connectivity index (χ4n) is 3.59. The van der Waals surface area contributed by atoms with Gasteiger partial charge in [0.1, 0.15) is 0 Å². The van der Waals surface area contributed by atoms with Crippen molar-refractivity contribution in [3.05, 3.63) is 0 Å². The van der Waals surface area contributed by atoms with E-state index in [1.165, 1.54) is 64.2 Å². The number of nitrogens with zero attached hydrogens (tertiary/aromatic N) is 1. The molecule has 0 aromatic rings. The van der Waals surface area contributed by atoms with Gasteiger partial charge >= 0.3 is 0 Å². The molecule has 1 N–H and O–H groups in total. The average molecular weight is 268 g/mol. The number of nitrogens with one attached hydrogen (secondary N) is 1. The summed E-state index contributed by atoms with van der Waals surface area (Å²) in [6.07, 6.45) is 13.8. The molecule has 0 spiro atoms. The molecule has 2 saturated carbocycles. The van der Waals surface area contributed by atoms with Crippen LogP contribution in [0.5, 0.6) is 0 Å². The minimum absolute atomic E-state index is 0.716. The Morgan fingerprint density at radius 2 is 1.39 bits per heavy atom. The van der Waals surface area contributed by atoms with Gasteiger partial charge in [-0.05, 0) is 44.8 Å². The Bertz CT molecular complexity index is 237. The van der Waals surface area contributed by atoms with Crippen LogP contribution >= 0.6 is 12.2 Å². The maximum absolute atomic E-state index is 5.65. The maximum atomic E-state index is 5.65. The monoisotopic (exact) mass is 268 g/mol. The number of thiocarbonyl (C=S) groups is 1. The van der Waals surface area contributed by atoms with Crippen LogP contribution in [-0.2, 0) is 0 Å². The third kappa shape index (κ3) is 3.59. The normalized spacial score (nSPS) is 22.7. The van der Waals surface area contributed by atoms with Gasteiger partial charge < -0.3 is 10.2 Å². The van der Waals surface area contributed by atoms with Crippen molar-refractivity contribution in [2.24, 2.45) is 0 Å². The van der Waals surface area contributed by atoms with Crippen LogP contribution in [0, 0.1) is 0 Å². The Balaban J connectivity index is 2.02. The van der Waals surface area contributed by atoms with Crippen molar-refractivity contribution in [3.8, 4) is 0 Å². The van der Waals surface area contributed by atoms with Gasteiger partial charge in [0, 0.05) is 18.6 Å². The predicted molar refractivity (Wildman–Crippen MR) is 81.9 cm³/mol. The van der Waals surface area contributed by atoms with E-state index in [2.05, 4.69) is 17.1 Å². The van der Waals surface area contributed by atoms with Crippen molar-refractivity contribution in [1.29, 1.82) is 0 Å². The van der Waals surface area contributed by atoms with Gasteiger partial charge in [-0.15, -0.1) is 0 Å². The summed E-state index contributed by atoms with van der Waals surface area (Å²) >= 11 is 5.65. The van der Waals surface area contributed by atoms with E-state index in [0.717, 1.165) is 11.7 Å². The molecule has 2 fully saturated rings. The molecule has 0 saturated heterocycles. The zero-order chi connectivity index (χ0) is 12.8. The van der Waals surface area contributed by atoms with Crippen molar-refractivity contribution in [2.75, 3.05) is 6.54 Å². The van der Waals surface area contributed by atoms with E-state index in [1.54, 1.807) is 0 Å². The molecule has 2 aliphatic carbocycles. The van der Waals surface area contributed by atoms with Gasteiger partial charge in [-0.2, -0.15) is 0 Å². The van der Waals surface area contributed by atoms with Crippen molar-refractivity contribution in [2.45, 2.75) is 83.2 Å². The SMILES string of the molecule is CCNC(=S)N(C1CCCCC1)C1CCCCC1. The van der Waals surface area contributed by atoms with E-state index >= 15 is 0 Å². The average Bonchev–Trinajstić information content (AvgIpc) is 2.42. The van der Waals surface area contributed by atoms with E-state index < -0.39 is 0 Å². The molecule has 2 nitrogen and oxygen atoms in total. The van der Waals surface area contributed by atoms with Gasteiger partial charge in [0.15, 0.2) is 5.11 Å². The Kier molecular flexibility index (Phi) is 5.74. The summed E-state index contributed by atoms with van der Waals surface area (Å²) in [5.74, 6) is 0. The summed E-state index contributed by atoms with van der Waals surface area (Å²) < 4.78 is 0. The molecular formula is C15H28N2S. The van der Waals surface area contributed by atoms with E-state index in [9.17, 15) is 0 Å². The van der Waals surface area contributed by atoms with Crippen LogP contribution in [0.2, 0.25) is 0 Å². The van der Waals surface area contributed by atoms with Gasteiger partial charge in [-0.1, -0.05) is 38.5 Å². The van der Waals surface area contributed by atoms with Crippen LogP contribution < -0.4 is 5.32 Å². The third-order valence-corrected chi connectivity index (χ3v) is 4.85. The first kappa shape index (κ1) is 14.1. The first-order valence-corrected chi connectivity index (χ1v) is 8.30. The molecule has 0 unspecified atom stereocenters. The van der Waals surface area contributed by atoms with Crippen LogP contribution in [0.15, 0.2) is 0 Å². The second-order valence-electron chi connectivity index (χ2n) is 5.83. The van der Waals surface area contributed by atoms with Gasteiger partial charge in [-0.3, -0.25) is 0 Å². The fourth-order valence-corrected chi connectivity index (χ4v) is 4.03. The summed E-state index contributed by atoms with van der Waals surface area (Å²) in [5.41, 5.74) is 0. The summed E-state index contributed by atoms with van der Waals surface area (Å²) in [6.45, 7) is 3.10. The summed E-state index contributed by atoms with van der Waals surface area (Å²) in [6, 6.07) is 1.43. The molecule has 18 heavy (non-hydrogen) atoms. The van der Waals surface area contributed by atoms with Gasteiger partial charge in [0.2, 0.25) is 0 Å². The van der Waals surface area contributed by atoms with E-state index in [1.807, 2.05) is 0 Å². The highest BCUT2D eigenvalue weighted by molar-refractivity contribution is 7.80. The fraction of sp³-hybridized carbons (Fsp3) is 0.933. The highest BCUT2D eigenvalue weighted by Crippen LogP contribution is 2.30. The van der Waals surface area contributed by atoms with Crippen LogP contribution in [0.25, 0.3) is 0 Å². The molecule has 0 aromatic heterocycles. The lowest BCUT2D eigenvalue weighted by molar-refractivity contribution is 0.156. The minimum atomic E-state index is 0.716. The first-order valence-electron chi connectivity index (χ1n) is 7.89.